The van der Waals surface area contributed by atoms with Gasteiger partial charge in [-0.25, -0.2) is 0 Å². The Hall–Kier alpha value is -0.0800. The second kappa shape index (κ2) is 3.35. The van der Waals surface area contributed by atoms with Crippen molar-refractivity contribution in [2.45, 2.75) is 38.3 Å². The standard InChI is InChI=1S/C8H18N2/c1-6-5-7(10-2)3-4-8(6)9/h6-8,10H,3-5,9H2,1-2H3/t6-,7-,8-/m1/s1. The van der Waals surface area contributed by atoms with Crippen LogP contribution in [-0.4, -0.2) is 19.1 Å². The summed E-state index contributed by atoms with van der Waals surface area (Å²) in [6.45, 7) is 2.24. The number of nitrogens with two attached hydrogens (primary N) is 1. The number of rotatable bonds is 1. The quantitative estimate of drug-likeness (QED) is 0.566. The molecule has 0 heterocycles. The fourth-order valence-electron chi connectivity index (χ4n) is 1.68. The fraction of sp³-hybridized carbons (Fsp3) is 1.00. The highest BCUT2D eigenvalue weighted by Crippen LogP contribution is 2.22. The number of nitrogens with one attached hydrogen (secondary N) is 1. The first kappa shape index (κ1) is 8.02. The molecule has 0 saturated heterocycles. The Morgan fingerprint density at radius 1 is 1.40 bits per heavy atom. The summed E-state index contributed by atoms with van der Waals surface area (Å²) >= 11 is 0. The van der Waals surface area contributed by atoms with Crippen molar-refractivity contribution in [2.75, 3.05) is 7.05 Å². The minimum Gasteiger partial charge on any atom is -0.327 e. The van der Waals surface area contributed by atoms with Gasteiger partial charge in [0.05, 0.1) is 0 Å². The monoisotopic (exact) mass is 142 g/mol. The topological polar surface area (TPSA) is 38.0 Å². The maximum atomic E-state index is 5.87. The van der Waals surface area contributed by atoms with Crippen molar-refractivity contribution in [1.29, 1.82) is 0 Å². The van der Waals surface area contributed by atoms with Gasteiger partial charge in [0, 0.05) is 12.1 Å². The number of hydrogen-bond acceptors (Lipinski definition) is 2. The van der Waals surface area contributed by atoms with E-state index in [0.29, 0.717) is 12.0 Å². The predicted octanol–water partition coefficient (Wildman–Crippen LogP) is 0.722. The van der Waals surface area contributed by atoms with E-state index in [1.807, 2.05) is 7.05 Å². The SMILES string of the molecule is CN[C@@H]1CC[C@@H](N)[C@H](C)C1. The molecule has 0 bridgehead atoms. The fourth-order valence-corrected chi connectivity index (χ4v) is 1.68. The van der Waals surface area contributed by atoms with E-state index in [4.69, 9.17) is 5.73 Å². The van der Waals surface area contributed by atoms with Crippen LogP contribution in [0.25, 0.3) is 0 Å². The summed E-state index contributed by atoms with van der Waals surface area (Å²) in [6.07, 6.45) is 3.69. The third kappa shape index (κ3) is 1.70. The lowest BCUT2D eigenvalue weighted by molar-refractivity contribution is 0.276. The minimum atomic E-state index is 0.449. The summed E-state index contributed by atoms with van der Waals surface area (Å²) in [5.41, 5.74) is 5.87. The first-order valence-electron chi connectivity index (χ1n) is 4.17. The van der Waals surface area contributed by atoms with Crippen LogP contribution in [0.2, 0.25) is 0 Å². The smallest absolute Gasteiger partial charge is 0.00677 e. The van der Waals surface area contributed by atoms with Gasteiger partial charge in [-0.05, 0) is 32.2 Å². The molecule has 1 fully saturated rings. The Morgan fingerprint density at radius 2 is 2.10 bits per heavy atom. The van der Waals surface area contributed by atoms with Crippen molar-refractivity contribution in [3.63, 3.8) is 0 Å². The summed E-state index contributed by atoms with van der Waals surface area (Å²) in [7, 11) is 2.04. The zero-order valence-corrected chi connectivity index (χ0v) is 6.93. The molecule has 10 heavy (non-hydrogen) atoms. The normalized spacial score (nSPS) is 41.7. The highest BCUT2D eigenvalue weighted by Gasteiger charge is 2.23. The molecule has 2 nitrogen and oxygen atoms in total. The summed E-state index contributed by atoms with van der Waals surface area (Å²) < 4.78 is 0. The number of hydrogen-bond donors (Lipinski definition) is 2. The van der Waals surface area contributed by atoms with Gasteiger partial charge in [0.1, 0.15) is 0 Å². The van der Waals surface area contributed by atoms with E-state index >= 15 is 0 Å². The third-order valence-electron chi connectivity index (χ3n) is 2.64. The van der Waals surface area contributed by atoms with E-state index in [-0.39, 0.29) is 0 Å². The molecule has 3 N–H and O–H groups in total. The van der Waals surface area contributed by atoms with Gasteiger partial charge in [-0.1, -0.05) is 6.92 Å². The van der Waals surface area contributed by atoms with Crippen LogP contribution in [0.1, 0.15) is 26.2 Å². The van der Waals surface area contributed by atoms with E-state index in [1.54, 1.807) is 0 Å². The first-order valence-corrected chi connectivity index (χ1v) is 4.17. The van der Waals surface area contributed by atoms with Crippen LogP contribution in [0.5, 0.6) is 0 Å². The molecule has 0 amide bonds. The van der Waals surface area contributed by atoms with Crippen molar-refractivity contribution >= 4 is 0 Å². The molecule has 3 atom stereocenters. The van der Waals surface area contributed by atoms with E-state index in [9.17, 15) is 0 Å². The van der Waals surface area contributed by atoms with Crippen LogP contribution >= 0.6 is 0 Å². The van der Waals surface area contributed by atoms with Gasteiger partial charge in [-0.2, -0.15) is 0 Å². The largest absolute Gasteiger partial charge is 0.327 e. The Balaban J connectivity index is 2.33. The van der Waals surface area contributed by atoms with Crippen LogP contribution in [0, 0.1) is 5.92 Å². The highest BCUT2D eigenvalue weighted by molar-refractivity contribution is 4.82. The van der Waals surface area contributed by atoms with Crippen molar-refractivity contribution in [3.05, 3.63) is 0 Å². The summed E-state index contributed by atoms with van der Waals surface area (Å²) in [4.78, 5) is 0. The average molecular weight is 142 g/mol. The van der Waals surface area contributed by atoms with Crippen LogP contribution in [0.15, 0.2) is 0 Å². The predicted molar refractivity (Wildman–Crippen MR) is 43.8 cm³/mol. The summed E-state index contributed by atoms with van der Waals surface area (Å²) in [5.74, 6) is 0.700. The molecule has 0 aromatic carbocycles. The van der Waals surface area contributed by atoms with E-state index in [0.717, 1.165) is 6.04 Å². The van der Waals surface area contributed by atoms with Crippen LogP contribution in [0.4, 0.5) is 0 Å². The molecule has 1 saturated carbocycles. The van der Waals surface area contributed by atoms with Gasteiger partial charge >= 0.3 is 0 Å². The van der Waals surface area contributed by atoms with Crippen LogP contribution < -0.4 is 11.1 Å². The zero-order chi connectivity index (χ0) is 7.56. The molecule has 0 radical (unpaired) electrons. The molecule has 0 aromatic rings. The van der Waals surface area contributed by atoms with Crippen molar-refractivity contribution in [1.82, 2.24) is 5.32 Å². The lowest BCUT2D eigenvalue weighted by atomic mass is 9.83. The van der Waals surface area contributed by atoms with Gasteiger partial charge in [0.25, 0.3) is 0 Å². The zero-order valence-electron chi connectivity index (χ0n) is 6.93. The maximum absolute atomic E-state index is 5.87. The molecule has 2 heteroatoms. The molecule has 1 aliphatic carbocycles. The molecule has 0 aromatic heterocycles. The Labute approximate surface area is 63.2 Å². The molecule has 1 rings (SSSR count). The average Bonchev–Trinajstić information content (AvgIpc) is 1.95. The first-order chi connectivity index (χ1) is 4.74. The summed E-state index contributed by atoms with van der Waals surface area (Å²) in [6, 6.07) is 1.17. The molecule has 0 spiro atoms. The van der Waals surface area contributed by atoms with E-state index in [2.05, 4.69) is 12.2 Å². The Bertz CT molecular complexity index is 103. The van der Waals surface area contributed by atoms with Crippen molar-refractivity contribution in [3.8, 4) is 0 Å². The van der Waals surface area contributed by atoms with E-state index < -0.39 is 0 Å². The Kier molecular flexibility index (Phi) is 2.69. The van der Waals surface area contributed by atoms with Gasteiger partial charge < -0.3 is 11.1 Å². The molecular formula is C8H18N2. The van der Waals surface area contributed by atoms with Gasteiger partial charge in [-0.3, -0.25) is 0 Å². The second-order valence-corrected chi connectivity index (χ2v) is 3.44. The van der Waals surface area contributed by atoms with E-state index in [1.165, 1.54) is 19.3 Å². The molecule has 1 aliphatic rings. The van der Waals surface area contributed by atoms with Crippen LogP contribution in [0.3, 0.4) is 0 Å². The van der Waals surface area contributed by atoms with Crippen LogP contribution in [-0.2, 0) is 0 Å². The maximum Gasteiger partial charge on any atom is 0.00677 e. The molecule has 0 unspecified atom stereocenters. The second-order valence-electron chi connectivity index (χ2n) is 3.44. The van der Waals surface area contributed by atoms with Gasteiger partial charge in [-0.15, -0.1) is 0 Å². The lowest BCUT2D eigenvalue weighted by Gasteiger charge is -2.31. The minimum absolute atomic E-state index is 0.449. The summed E-state index contributed by atoms with van der Waals surface area (Å²) in [5, 5.41) is 3.30. The molecule has 60 valence electrons. The Morgan fingerprint density at radius 3 is 2.60 bits per heavy atom. The van der Waals surface area contributed by atoms with Crippen molar-refractivity contribution in [2.24, 2.45) is 11.7 Å². The van der Waals surface area contributed by atoms with Crippen molar-refractivity contribution < 1.29 is 0 Å². The van der Waals surface area contributed by atoms with Gasteiger partial charge in [0.15, 0.2) is 0 Å². The lowest BCUT2D eigenvalue weighted by Crippen LogP contribution is -2.41. The molecule has 0 aliphatic heterocycles. The highest BCUT2D eigenvalue weighted by atomic mass is 14.9. The molecular weight excluding hydrogens is 124 g/mol. The van der Waals surface area contributed by atoms with Gasteiger partial charge in [0.2, 0.25) is 0 Å². The third-order valence-corrected chi connectivity index (χ3v) is 2.64.